The number of unbranched alkanes of at least 4 members (excludes halogenated alkanes) is 44. The minimum Gasteiger partial charge on any atom is -0.387 e. The van der Waals surface area contributed by atoms with Crippen LogP contribution in [-0.2, 0) is 18.4 Å². The van der Waals surface area contributed by atoms with E-state index in [2.05, 4.69) is 31.3 Å². The molecule has 0 spiro atoms. The normalized spacial score (nSPS) is 13.9. The molecular formula is C63H126N2O6P+. The van der Waals surface area contributed by atoms with Crippen molar-refractivity contribution in [3.8, 4) is 0 Å². The number of carbonyl (C=O) groups excluding carboxylic acids is 1. The van der Waals surface area contributed by atoms with Crippen molar-refractivity contribution < 1.29 is 32.9 Å². The van der Waals surface area contributed by atoms with Crippen LogP contribution in [-0.4, -0.2) is 73.4 Å². The van der Waals surface area contributed by atoms with Crippen LogP contribution < -0.4 is 5.32 Å². The molecule has 0 radical (unpaired) electrons. The number of carbonyl (C=O) groups is 1. The standard InChI is InChI=1S/C63H125N2O6P/c1-6-8-10-12-14-16-18-20-22-24-26-27-28-29-30-31-32-33-34-35-36-37-39-40-42-44-46-48-50-52-54-56-62(66)61(60-71-72(68,69)70-59-58-65(3,4)5)64-63(67)57-55-53-51-49-47-45-43-41-38-25-23-21-19-17-15-13-11-9-7-2/h21,23,54,56,61-62,66H,6-20,22,24-53,55,57-60H2,1-5H3,(H-,64,67,68,69)/p+1/b23-21-,56-54+. The first-order valence-electron chi connectivity index (χ1n) is 31.7. The Kier molecular flexibility index (Phi) is 54.0. The van der Waals surface area contributed by atoms with Crippen LogP contribution in [0.15, 0.2) is 24.3 Å². The summed E-state index contributed by atoms with van der Waals surface area (Å²) in [5.74, 6) is -0.174. The van der Waals surface area contributed by atoms with E-state index < -0.39 is 20.0 Å². The highest BCUT2D eigenvalue weighted by Crippen LogP contribution is 2.43. The maximum Gasteiger partial charge on any atom is 0.472 e. The van der Waals surface area contributed by atoms with Gasteiger partial charge in [0.25, 0.3) is 0 Å². The van der Waals surface area contributed by atoms with Crippen LogP contribution in [0.2, 0.25) is 0 Å². The Morgan fingerprint density at radius 1 is 0.458 bits per heavy atom. The number of quaternary nitrogens is 1. The van der Waals surface area contributed by atoms with Gasteiger partial charge in [0, 0.05) is 6.42 Å². The van der Waals surface area contributed by atoms with E-state index in [1.54, 1.807) is 6.08 Å². The predicted octanol–water partition coefficient (Wildman–Crippen LogP) is 19.5. The summed E-state index contributed by atoms with van der Waals surface area (Å²) >= 11 is 0. The number of aliphatic hydroxyl groups is 1. The number of aliphatic hydroxyl groups excluding tert-OH is 1. The maximum absolute atomic E-state index is 13.0. The zero-order valence-electron chi connectivity index (χ0n) is 48.9. The lowest BCUT2D eigenvalue weighted by atomic mass is 10.0. The van der Waals surface area contributed by atoms with Gasteiger partial charge in [0.1, 0.15) is 13.2 Å². The molecule has 0 rings (SSSR count). The molecule has 3 atom stereocenters. The fourth-order valence-electron chi connectivity index (χ4n) is 9.69. The zero-order chi connectivity index (χ0) is 52.7. The summed E-state index contributed by atoms with van der Waals surface area (Å²) in [6, 6.07) is -0.847. The number of hydrogen-bond acceptors (Lipinski definition) is 5. The SMILES string of the molecule is CCCCCCCC/C=C\CCCCCCCCCCCC(=O)NC(COP(=O)(O)OCC[N+](C)(C)C)C(O)/C=C/CCCCCCCCCCCCCCCCCCCCCCCCCCCCCCC. The van der Waals surface area contributed by atoms with Gasteiger partial charge in [-0.25, -0.2) is 4.57 Å². The third-order valence-electron chi connectivity index (χ3n) is 14.7. The second-order valence-electron chi connectivity index (χ2n) is 23.1. The van der Waals surface area contributed by atoms with Gasteiger partial charge in [-0.2, -0.15) is 0 Å². The maximum atomic E-state index is 13.0. The van der Waals surface area contributed by atoms with Gasteiger partial charge in [0.05, 0.1) is 39.9 Å². The summed E-state index contributed by atoms with van der Waals surface area (Å²) < 4.78 is 23.8. The molecule has 428 valence electrons. The Morgan fingerprint density at radius 3 is 1.07 bits per heavy atom. The molecule has 0 heterocycles. The molecular weight excluding hydrogens is 912 g/mol. The molecule has 9 heteroatoms. The van der Waals surface area contributed by atoms with Crippen molar-refractivity contribution in [3.05, 3.63) is 24.3 Å². The van der Waals surface area contributed by atoms with Crippen molar-refractivity contribution in [1.82, 2.24) is 5.32 Å². The van der Waals surface area contributed by atoms with E-state index in [-0.39, 0.29) is 19.1 Å². The van der Waals surface area contributed by atoms with E-state index in [1.165, 1.54) is 270 Å². The molecule has 0 saturated heterocycles. The molecule has 0 aromatic heterocycles. The molecule has 0 aromatic rings. The lowest BCUT2D eigenvalue weighted by molar-refractivity contribution is -0.870. The van der Waals surface area contributed by atoms with Crippen LogP contribution in [0.5, 0.6) is 0 Å². The molecule has 0 bridgehead atoms. The van der Waals surface area contributed by atoms with Gasteiger partial charge >= 0.3 is 7.82 Å². The largest absolute Gasteiger partial charge is 0.472 e. The highest BCUT2D eigenvalue weighted by molar-refractivity contribution is 7.47. The lowest BCUT2D eigenvalue weighted by Crippen LogP contribution is -2.45. The van der Waals surface area contributed by atoms with Gasteiger partial charge in [0.15, 0.2) is 0 Å². The zero-order valence-corrected chi connectivity index (χ0v) is 49.8. The smallest absolute Gasteiger partial charge is 0.387 e. The fraction of sp³-hybridized carbons (Fsp3) is 0.921. The van der Waals surface area contributed by atoms with E-state index in [0.29, 0.717) is 17.4 Å². The molecule has 0 aliphatic rings. The number of allylic oxidation sites excluding steroid dienone is 3. The molecule has 72 heavy (non-hydrogen) atoms. The average molecular weight is 1040 g/mol. The van der Waals surface area contributed by atoms with E-state index in [1.807, 2.05) is 27.2 Å². The number of likely N-dealkylation sites (N-methyl/N-ethyl adjacent to an activating group) is 1. The molecule has 1 amide bonds. The summed E-state index contributed by atoms with van der Waals surface area (Å²) in [4.78, 5) is 23.3. The third kappa shape index (κ3) is 56.7. The van der Waals surface area contributed by atoms with Crippen molar-refractivity contribution in [1.29, 1.82) is 0 Å². The summed E-state index contributed by atoms with van der Waals surface area (Å²) in [6.45, 7) is 4.86. The number of phosphoric acid groups is 1. The van der Waals surface area contributed by atoms with E-state index >= 15 is 0 Å². The van der Waals surface area contributed by atoms with Crippen LogP contribution in [0.4, 0.5) is 0 Å². The lowest BCUT2D eigenvalue weighted by Gasteiger charge is -2.25. The van der Waals surface area contributed by atoms with Crippen LogP contribution in [0.1, 0.15) is 322 Å². The molecule has 3 N–H and O–H groups in total. The highest BCUT2D eigenvalue weighted by Gasteiger charge is 2.28. The Balaban J connectivity index is 4.08. The Labute approximate surface area is 449 Å². The average Bonchev–Trinajstić information content (AvgIpc) is 3.34. The molecule has 0 aliphatic heterocycles. The summed E-state index contributed by atoms with van der Waals surface area (Å²) in [5, 5.41) is 14.0. The topological polar surface area (TPSA) is 105 Å². The second-order valence-corrected chi connectivity index (χ2v) is 24.6. The molecule has 0 saturated carbocycles. The molecule has 0 fully saturated rings. The fourth-order valence-corrected chi connectivity index (χ4v) is 10.4. The molecule has 3 unspecified atom stereocenters. The van der Waals surface area contributed by atoms with Crippen molar-refractivity contribution >= 4 is 13.7 Å². The first kappa shape index (κ1) is 71.0. The molecule has 0 aromatic carbocycles. The van der Waals surface area contributed by atoms with Crippen molar-refractivity contribution in [2.75, 3.05) is 40.9 Å². The first-order valence-corrected chi connectivity index (χ1v) is 33.2. The van der Waals surface area contributed by atoms with E-state index in [0.717, 1.165) is 32.1 Å². The summed E-state index contributed by atoms with van der Waals surface area (Å²) in [6.07, 6.45) is 70.2. The van der Waals surface area contributed by atoms with Gasteiger partial charge in [-0.05, 0) is 44.9 Å². The quantitative estimate of drug-likeness (QED) is 0.0243. The van der Waals surface area contributed by atoms with Crippen LogP contribution in [0.3, 0.4) is 0 Å². The Bertz CT molecular complexity index is 1220. The van der Waals surface area contributed by atoms with Crippen LogP contribution in [0, 0.1) is 0 Å². The third-order valence-corrected chi connectivity index (χ3v) is 15.6. The van der Waals surface area contributed by atoms with Gasteiger partial charge in [-0.15, -0.1) is 0 Å². The highest BCUT2D eigenvalue weighted by atomic mass is 31.2. The number of nitrogens with zero attached hydrogens (tertiary/aromatic N) is 1. The predicted molar refractivity (Wildman–Crippen MR) is 314 cm³/mol. The second kappa shape index (κ2) is 54.8. The van der Waals surface area contributed by atoms with Crippen molar-refractivity contribution in [3.63, 3.8) is 0 Å². The van der Waals surface area contributed by atoms with Crippen molar-refractivity contribution in [2.24, 2.45) is 0 Å². The van der Waals surface area contributed by atoms with Crippen LogP contribution in [0.25, 0.3) is 0 Å². The van der Waals surface area contributed by atoms with Crippen LogP contribution >= 0.6 is 7.82 Å². The number of nitrogens with one attached hydrogen (secondary N) is 1. The summed E-state index contributed by atoms with van der Waals surface area (Å²) in [5.41, 5.74) is 0. The van der Waals surface area contributed by atoms with Crippen molar-refractivity contribution in [2.45, 2.75) is 334 Å². The van der Waals surface area contributed by atoms with E-state index in [9.17, 15) is 19.4 Å². The minimum absolute atomic E-state index is 0.0629. The Morgan fingerprint density at radius 2 is 0.750 bits per heavy atom. The van der Waals surface area contributed by atoms with Gasteiger partial charge in [-0.1, -0.05) is 295 Å². The molecule has 8 nitrogen and oxygen atoms in total. The monoisotopic (exact) mass is 1040 g/mol. The number of hydrogen-bond donors (Lipinski definition) is 3. The minimum atomic E-state index is -4.35. The van der Waals surface area contributed by atoms with E-state index in [4.69, 9.17) is 9.05 Å². The molecule has 0 aliphatic carbocycles. The summed E-state index contributed by atoms with van der Waals surface area (Å²) in [7, 11) is 1.58. The first-order chi connectivity index (χ1) is 35.0. The number of phosphoric ester groups is 1. The number of rotatable bonds is 59. The van der Waals surface area contributed by atoms with Gasteiger partial charge in [-0.3, -0.25) is 13.8 Å². The van der Waals surface area contributed by atoms with Gasteiger partial charge in [0.2, 0.25) is 5.91 Å². The van der Waals surface area contributed by atoms with Gasteiger partial charge < -0.3 is 19.8 Å². The Hall–Kier alpha value is -1.02. The number of amides is 1.